The predicted octanol–water partition coefficient (Wildman–Crippen LogP) is 2.12. The molecule has 2 amide bonds. The molecule has 0 saturated carbocycles. The van der Waals surface area contributed by atoms with Crippen LogP contribution in [0.4, 0.5) is 0 Å². The van der Waals surface area contributed by atoms with Crippen molar-refractivity contribution in [1.82, 2.24) is 29.9 Å². The Bertz CT molecular complexity index is 1030. The van der Waals surface area contributed by atoms with Gasteiger partial charge in [-0.3, -0.25) is 19.5 Å². The third-order valence-corrected chi connectivity index (χ3v) is 7.56. The first-order valence-corrected chi connectivity index (χ1v) is 12.6. The van der Waals surface area contributed by atoms with Gasteiger partial charge in [0.25, 0.3) is 5.91 Å². The number of aromatic nitrogens is 3. The van der Waals surface area contributed by atoms with Crippen LogP contribution in [-0.4, -0.2) is 94.2 Å². The van der Waals surface area contributed by atoms with Gasteiger partial charge in [-0.05, 0) is 36.8 Å². The van der Waals surface area contributed by atoms with Crippen LogP contribution in [0.15, 0.2) is 28.9 Å². The molecule has 1 unspecified atom stereocenters. The largest absolute Gasteiger partial charge is 0.423 e. The van der Waals surface area contributed by atoms with Gasteiger partial charge in [-0.15, -0.1) is 10.2 Å². The highest BCUT2D eigenvalue weighted by atomic mass is 16.5. The second-order valence-corrected chi connectivity index (χ2v) is 10.3. The van der Waals surface area contributed by atoms with Crippen molar-refractivity contribution >= 4 is 11.8 Å². The van der Waals surface area contributed by atoms with E-state index < -0.39 is 0 Å². The fourth-order valence-corrected chi connectivity index (χ4v) is 5.47. The third-order valence-electron chi connectivity index (χ3n) is 7.56. The van der Waals surface area contributed by atoms with Crippen LogP contribution in [-0.2, 0) is 9.53 Å². The fraction of sp³-hybridized carbons (Fsp3) is 0.640. The maximum absolute atomic E-state index is 13.1. The summed E-state index contributed by atoms with van der Waals surface area (Å²) < 4.78 is 11.5. The van der Waals surface area contributed by atoms with Gasteiger partial charge in [0.05, 0.1) is 31.4 Å². The van der Waals surface area contributed by atoms with Crippen LogP contribution in [0.3, 0.4) is 0 Å². The summed E-state index contributed by atoms with van der Waals surface area (Å²) in [6.07, 6.45) is 5.90. The number of carbonyl (C=O) groups is 2. The zero-order valence-corrected chi connectivity index (χ0v) is 20.6. The van der Waals surface area contributed by atoms with E-state index in [1.165, 1.54) is 0 Å². The van der Waals surface area contributed by atoms with Crippen LogP contribution >= 0.6 is 0 Å². The minimum Gasteiger partial charge on any atom is -0.423 e. The number of pyridine rings is 1. The molecule has 3 fully saturated rings. The highest BCUT2D eigenvalue weighted by molar-refractivity contribution is 5.93. The summed E-state index contributed by atoms with van der Waals surface area (Å²) in [4.78, 5) is 36.1. The molecule has 5 rings (SSSR count). The molecule has 3 saturated heterocycles. The Balaban J connectivity index is 1.30. The van der Waals surface area contributed by atoms with E-state index >= 15 is 0 Å². The molecule has 0 aromatic carbocycles. The fourth-order valence-electron chi connectivity index (χ4n) is 5.47. The second-order valence-electron chi connectivity index (χ2n) is 10.3. The van der Waals surface area contributed by atoms with Crippen molar-refractivity contribution in [3.8, 4) is 0 Å². The summed E-state index contributed by atoms with van der Waals surface area (Å²) in [5.74, 6) is 1.51. The first-order valence-electron chi connectivity index (χ1n) is 12.6. The Morgan fingerprint density at radius 3 is 2.54 bits per heavy atom. The van der Waals surface area contributed by atoms with E-state index in [1.54, 1.807) is 18.5 Å². The van der Waals surface area contributed by atoms with Gasteiger partial charge in [0.15, 0.2) is 0 Å². The molecule has 0 radical (unpaired) electrons. The van der Waals surface area contributed by atoms with Crippen molar-refractivity contribution in [3.63, 3.8) is 0 Å². The van der Waals surface area contributed by atoms with Gasteiger partial charge in [0.1, 0.15) is 0 Å². The van der Waals surface area contributed by atoms with Crippen LogP contribution in [0.25, 0.3) is 0 Å². The molecule has 0 N–H and O–H groups in total. The molecule has 188 valence electrons. The summed E-state index contributed by atoms with van der Waals surface area (Å²) in [5, 5.41) is 8.63. The smallest absolute Gasteiger partial charge is 0.255 e. The number of rotatable bonds is 5. The molecular formula is C25H34N6O4. The van der Waals surface area contributed by atoms with Crippen molar-refractivity contribution in [2.45, 2.75) is 45.1 Å². The van der Waals surface area contributed by atoms with Crippen molar-refractivity contribution in [3.05, 3.63) is 41.9 Å². The highest BCUT2D eigenvalue weighted by Crippen LogP contribution is 2.49. The monoisotopic (exact) mass is 482 g/mol. The molecule has 0 aliphatic carbocycles. The summed E-state index contributed by atoms with van der Waals surface area (Å²) in [6, 6.07) is 3.51. The van der Waals surface area contributed by atoms with Crippen LogP contribution in [0, 0.1) is 5.41 Å². The number of nitrogens with zero attached hydrogens (tertiary/aromatic N) is 6. The zero-order chi connectivity index (χ0) is 24.4. The highest BCUT2D eigenvalue weighted by Gasteiger charge is 2.49. The SMILES string of the molecule is CC(C)c1nnc(C2CC3(CCN(C(=O)c4cccnc4)CC3)CN2CC(=O)N2CCOCC2)o1. The number of morpholine rings is 1. The van der Waals surface area contributed by atoms with Gasteiger partial charge in [-0.1, -0.05) is 13.8 Å². The first-order chi connectivity index (χ1) is 16.9. The quantitative estimate of drug-likeness (QED) is 0.638. The zero-order valence-electron chi connectivity index (χ0n) is 20.6. The van der Waals surface area contributed by atoms with E-state index in [2.05, 4.69) is 20.1 Å². The molecular weight excluding hydrogens is 448 g/mol. The summed E-state index contributed by atoms with van der Waals surface area (Å²) in [6.45, 7) is 8.97. The molecule has 1 spiro atoms. The van der Waals surface area contributed by atoms with E-state index in [0.29, 0.717) is 63.3 Å². The molecule has 3 aliphatic rings. The van der Waals surface area contributed by atoms with Crippen molar-refractivity contribution in [2.75, 3.05) is 52.5 Å². The van der Waals surface area contributed by atoms with Gasteiger partial charge in [-0.2, -0.15) is 0 Å². The molecule has 2 aromatic rings. The topological polar surface area (TPSA) is 105 Å². The molecule has 10 nitrogen and oxygen atoms in total. The first kappa shape index (κ1) is 23.9. The lowest BCUT2D eigenvalue weighted by Crippen LogP contribution is -2.47. The second kappa shape index (κ2) is 10.0. The number of piperidine rings is 1. The summed E-state index contributed by atoms with van der Waals surface area (Å²) in [5.41, 5.74) is 0.631. The van der Waals surface area contributed by atoms with E-state index in [0.717, 1.165) is 25.8 Å². The normalized spacial score (nSPS) is 22.8. The van der Waals surface area contributed by atoms with Crippen LogP contribution in [0.2, 0.25) is 0 Å². The Morgan fingerprint density at radius 2 is 1.89 bits per heavy atom. The average molecular weight is 483 g/mol. The number of carbonyl (C=O) groups excluding carboxylic acids is 2. The summed E-state index contributed by atoms with van der Waals surface area (Å²) >= 11 is 0. The lowest BCUT2D eigenvalue weighted by Gasteiger charge is -2.39. The molecule has 10 heteroatoms. The lowest BCUT2D eigenvalue weighted by atomic mass is 9.76. The molecule has 2 aromatic heterocycles. The van der Waals surface area contributed by atoms with Crippen LogP contribution < -0.4 is 0 Å². The average Bonchev–Trinajstić information content (AvgIpc) is 3.51. The number of hydrogen-bond acceptors (Lipinski definition) is 8. The van der Waals surface area contributed by atoms with E-state index in [9.17, 15) is 9.59 Å². The van der Waals surface area contributed by atoms with Crippen molar-refractivity contribution in [2.24, 2.45) is 5.41 Å². The minimum absolute atomic E-state index is 0.00807. The number of likely N-dealkylation sites (tertiary alicyclic amines) is 2. The van der Waals surface area contributed by atoms with E-state index in [4.69, 9.17) is 9.15 Å². The standard InChI is InChI=1S/C25H34N6O4/c1-18(2)22-27-28-23(35-22)20-14-25(17-31(20)16-21(32)29-10-12-34-13-11-29)5-8-30(9-6-25)24(33)19-4-3-7-26-15-19/h3-4,7,15,18,20H,5-6,8-14,16-17H2,1-2H3. The number of hydrogen-bond donors (Lipinski definition) is 0. The minimum atomic E-state index is -0.0967. The maximum Gasteiger partial charge on any atom is 0.255 e. The van der Waals surface area contributed by atoms with Gasteiger partial charge in [0.2, 0.25) is 17.7 Å². The third kappa shape index (κ3) is 5.08. The van der Waals surface area contributed by atoms with Crippen molar-refractivity contribution < 1.29 is 18.7 Å². The van der Waals surface area contributed by atoms with Gasteiger partial charge in [-0.25, -0.2) is 0 Å². The number of ether oxygens (including phenoxy) is 1. The molecule has 1 atom stereocenters. The molecule has 0 bridgehead atoms. The van der Waals surface area contributed by atoms with Crippen LogP contribution in [0.5, 0.6) is 0 Å². The Labute approximate surface area is 205 Å². The predicted molar refractivity (Wildman–Crippen MR) is 127 cm³/mol. The Morgan fingerprint density at radius 1 is 1.11 bits per heavy atom. The summed E-state index contributed by atoms with van der Waals surface area (Å²) in [7, 11) is 0. The van der Waals surface area contributed by atoms with Gasteiger partial charge >= 0.3 is 0 Å². The molecule has 35 heavy (non-hydrogen) atoms. The van der Waals surface area contributed by atoms with E-state index in [-0.39, 0.29) is 29.2 Å². The Kier molecular flexibility index (Phi) is 6.84. The number of amides is 2. The van der Waals surface area contributed by atoms with Gasteiger partial charge < -0.3 is 19.0 Å². The Hall–Kier alpha value is -2.85. The lowest BCUT2D eigenvalue weighted by molar-refractivity contribution is -0.136. The van der Waals surface area contributed by atoms with Crippen molar-refractivity contribution in [1.29, 1.82) is 0 Å². The van der Waals surface area contributed by atoms with E-state index in [1.807, 2.05) is 29.7 Å². The van der Waals surface area contributed by atoms with Crippen LogP contribution in [0.1, 0.15) is 67.2 Å². The van der Waals surface area contributed by atoms with Gasteiger partial charge in [0, 0.05) is 51.0 Å². The molecule has 5 heterocycles. The molecule has 3 aliphatic heterocycles. The maximum atomic E-state index is 13.1.